The first-order chi connectivity index (χ1) is 11.5. The van der Waals surface area contributed by atoms with E-state index >= 15 is 0 Å². The van der Waals surface area contributed by atoms with Gasteiger partial charge in [-0.1, -0.05) is 23.7 Å². The predicted molar refractivity (Wildman–Crippen MR) is 85.9 cm³/mol. The number of hydrogen-bond acceptors (Lipinski definition) is 5. The lowest BCUT2D eigenvalue weighted by Gasteiger charge is -2.10. The maximum Gasteiger partial charge on any atom is 0.336 e. The van der Waals surface area contributed by atoms with Crippen molar-refractivity contribution >= 4 is 29.3 Å². The topological polar surface area (TPSA) is 109 Å². The maximum atomic E-state index is 12.2. The molecule has 24 heavy (non-hydrogen) atoms. The molecule has 1 aliphatic rings. The third-order valence-electron chi connectivity index (χ3n) is 3.65. The van der Waals surface area contributed by atoms with Gasteiger partial charge in [0, 0.05) is 13.0 Å². The monoisotopic (exact) mass is 347 g/mol. The van der Waals surface area contributed by atoms with Crippen molar-refractivity contribution in [1.29, 1.82) is 0 Å². The van der Waals surface area contributed by atoms with Crippen LogP contribution in [0.1, 0.15) is 39.0 Å². The second-order valence-electron chi connectivity index (χ2n) is 5.26. The third kappa shape index (κ3) is 2.88. The van der Waals surface area contributed by atoms with Gasteiger partial charge in [-0.2, -0.15) is 10.2 Å². The highest BCUT2D eigenvalue weighted by molar-refractivity contribution is 6.33. The van der Waals surface area contributed by atoms with Crippen LogP contribution in [0.25, 0.3) is 0 Å². The number of benzene rings is 1. The molecule has 9 heteroatoms. The van der Waals surface area contributed by atoms with E-state index in [1.165, 1.54) is 12.1 Å². The van der Waals surface area contributed by atoms with Gasteiger partial charge in [-0.15, -0.1) is 5.11 Å². The van der Waals surface area contributed by atoms with E-state index in [4.69, 9.17) is 16.7 Å². The minimum atomic E-state index is -1.14. The van der Waals surface area contributed by atoms with Gasteiger partial charge < -0.3 is 10.4 Å². The van der Waals surface area contributed by atoms with Crippen LogP contribution in [0.4, 0.5) is 5.82 Å². The number of aromatic carboxylic acids is 1. The number of aromatic nitrogens is 2. The fraction of sp³-hybridized carbons (Fsp3) is 0.267. The molecule has 1 atom stereocenters. The smallest absolute Gasteiger partial charge is 0.336 e. The van der Waals surface area contributed by atoms with Crippen LogP contribution in [0.2, 0.25) is 5.02 Å². The Bertz CT molecular complexity index is 846. The summed E-state index contributed by atoms with van der Waals surface area (Å²) in [6.45, 7) is 2.08. The molecule has 0 fully saturated rings. The molecular formula is C15H14ClN5O3. The maximum absolute atomic E-state index is 12.2. The molecule has 2 heterocycles. The Labute approximate surface area is 142 Å². The number of carboxylic acids is 1. The summed E-state index contributed by atoms with van der Waals surface area (Å²) in [5.74, 6) is -1.07. The second-order valence-corrected chi connectivity index (χ2v) is 5.64. The Hall–Kier alpha value is -2.74. The first-order valence-electron chi connectivity index (χ1n) is 7.25. The van der Waals surface area contributed by atoms with Gasteiger partial charge >= 0.3 is 5.97 Å². The summed E-state index contributed by atoms with van der Waals surface area (Å²) in [6, 6.07) is 6.06. The van der Waals surface area contributed by atoms with Crippen molar-refractivity contribution in [2.45, 2.75) is 19.5 Å². The van der Waals surface area contributed by atoms with Gasteiger partial charge in [-0.3, -0.25) is 4.79 Å². The minimum Gasteiger partial charge on any atom is -0.478 e. The molecule has 1 aromatic heterocycles. The van der Waals surface area contributed by atoms with Crippen LogP contribution < -0.4 is 5.32 Å². The number of azo groups is 1. The number of carbonyl (C=O) groups is 2. The number of hydrogen-bond donors (Lipinski definition) is 2. The number of fused-ring (bicyclic) bond motifs is 1. The van der Waals surface area contributed by atoms with E-state index in [-0.39, 0.29) is 17.3 Å². The van der Waals surface area contributed by atoms with E-state index in [1.807, 2.05) is 0 Å². The molecule has 0 saturated heterocycles. The molecule has 1 aliphatic heterocycles. The summed E-state index contributed by atoms with van der Waals surface area (Å²) < 4.78 is 1.62. The van der Waals surface area contributed by atoms with Gasteiger partial charge in [-0.25, -0.2) is 9.48 Å². The number of aryl methyl sites for hydroxylation is 1. The molecule has 1 amide bonds. The summed E-state index contributed by atoms with van der Waals surface area (Å²) in [4.78, 5) is 23.3. The molecule has 0 radical (unpaired) electrons. The number of nitrogens with zero attached hydrogens (tertiary/aromatic N) is 4. The summed E-state index contributed by atoms with van der Waals surface area (Å²) in [6.07, 6.45) is 0.135. The fourth-order valence-corrected chi connectivity index (χ4v) is 2.60. The van der Waals surface area contributed by atoms with Crippen LogP contribution >= 0.6 is 11.6 Å². The highest BCUT2D eigenvalue weighted by atomic mass is 35.5. The van der Waals surface area contributed by atoms with Gasteiger partial charge in [-0.05, 0) is 19.1 Å². The van der Waals surface area contributed by atoms with Crippen LogP contribution in [0, 0.1) is 6.92 Å². The number of nitrogens with one attached hydrogen (secondary N) is 1. The summed E-state index contributed by atoms with van der Waals surface area (Å²) in [5.41, 5.74) is 0.763. The SMILES string of the molecule is Cc1nn2c(c1Cl)N=NC2CCNC(=O)c1ccccc1C(=O)O. The average molecular weight is 348 g/mol. The van der Waals surface area contributed by atoms with Crippen molar-refractivity contribution in [3.05, 3.63) is 46.1 Å². The normalized spacial score (nSPS) is 15.3. The quantitative estimate of drug-likeness (QED) is 0.866. The number of amides is 1. The highest BCUT2D eigenvalue weighted by Crippen LogP contribution is 2.37. The first kappa shape index (κ1) is 16.1. The molecular weight excluding hydrogens is 334 g/mol. The van der Waals surface area contributed by atoms with E-state index in [1.54, 1.807) is 23.7 Å². The average Bonchev–Trinajstić information content (AvgIpc) is 3.08. The Balaban J connectivity index is 1.63. The van der Waals surface area contributed by atoms with Crippen molar-refractivity contribution < 1.29 is 14.7 Å². The molecule has 1 aromatic carbocycles. The molecule has 2 aromatic rings. The molecule has 124 valence electrons. The van der Waals surface area contributed by atoms with Gasteiger partial charge in [0.05, 0.1) is 16.8 Å². The zero-order chi connectivity index (χ0) is 17.3. The lowest BCUT2D eigenvalue weighted by atomic mass is 10.1. The van der Waals surface area contributed by atoms with Gasteiger partial charge in [0.2, 0.25) is 0 Å². The zero-order valence-electron chi connectivity index (χ0n) is 12.7. The number of carboxylic acid groups (broad SMARTS) is 1. The lowest BCUT2D eigenvalue weighted by Crippen LogP contribution is -2.27. The fourth-order valence-electron chi connectivity index (χ4n) is 2.44. The highest BCUT2D eigenvalue weighted by Gasteiger charge is 2.25. The molecule has 0 spiro atoms. The second kappa shape index (κ2) is 6.40. The molecule has 0 bridgehead atoms. The summed E-state index contributed by atoms with van der Waals surface area (Å²) >= 11 is 6.07. The van der Waals surface area contributed by atoms with E-state index in [0.29, 0.717) is 29.5 Å². The molecule has 0 aliphatic carbocycles. The largest absolute Gasteiger partial charge is 0.478 e. The Morgan fingerprint density at radius 1 is 1.33 bits per heavy atom. The lowest BCUT2D eigenvalue weighted by molar-refractivity contribution is 0.0691. The van der Waals surface area contributed by atoms with Crippen molar-refractivity contribution in [1.82, 2.24) is 15.1 Å². The van der Waals surface area contributed by atoms with E-state index in [9.17, 15) is 9.59 Å². The Morgan fingerprint density at radius 3 is 2.75 bits per heavy atom. The summed E-state index contributed by atoms with van der Waals surface area (Å²) in [7, 11) is 0. The van der Waals surface area contributed by atoms with Crippen LogP contribution in [-0.2, 0) is 0 Å². The van der Waals surface area contributed by atoms with Crippen molar-refractivity contribution in [2.75, 3.05) is 6.54 Å². The van der Waals surface area contributed by atoms with Crippen LogP contribution in [0.15, 0.2) is 34.5 Å². The van der Waals surface area contributed by atoms with Crippen molar-refractivity contribution in [3.8, 4) is 0 Å². The van der Waals surface area contributed by atoms with E-state index in [0.717, 1.165) is 0 Å². The molecule has 1 unspecified atom stereocenters. The summed E-state index contributed by atoms with van der Waals surface area (Å²) in [5, 5.41) is 24.6. The molecule has 8 nitrogen and oxygen atoms in total. The minimum absolute atomic E-state index is 0.0349. The Kier molecular flexibility index (Phi) is 4.30. The van der Waals surface area contributed by atoms with E-state index < -0.39 is 11.9 Å². The first-order valence-corrected chi connectivity index (χ1v) is 7.63. The van der Waals surface area contributed by atoms with Crippen LogP contribution in [-0.4, -0.2) is 33.3 Å². The predicted octanol–water partition coefficient (Wildman–Crippen LogP) is 2.96. The van der Waals surface area contributed by atoms with Gasteiger partial charge in [0.15, 0.2) is 12.0 Å². The van der Waals surface area contributed by atoms with E-state index in [2.05, 4.69) is 20.6 Å². The van der Waals surface area contributed by atoms with Crippen molar-refractivity contribution in [3.63, 3.8) is 0 Å². The van der Waals surface area contributed by atoms with Gasteiger partial charge in [0.1, 0.15) is 5.02 Å². The van der Waals surface area contributed by atoms with Crippen molar-refractivity contribution in [2.24, 2.45) is 10.2 Å². The standard InChI is InChI=1S/C15H14ClN5O3/c1-8-12(16)13-19-18-11(21(13)20-8)6-7-17-14(22)9-4-2-3-5-10(9)15(23)24/h2-5,11H,6-7H2,1H3,(H,17,22)(H,23,24). The van der Waals surface area contributed by atoms with Crippen LogP contribution in [0.5, 0.6) is 0 Å². The zero-order valence-corrected chi connectivity index (χ0v) is 13.5. The number of carbonyl (C=O) groups excluding carboxylic acids is 1. The number of halogens is 1. The van der Waals surface area contributed by atoms with Crippen LogP contribution in [0.3, 0.4) is 0 Å². The molecule has 2 N–H and O–H groups in total. The Morgan fingerprint density at radius 2 is 2.04 bits per heavy atom. The number of rotatable bonds is 5. The molecule has 3 rings (SSSR count). The third-order valence-corrected chi connectivity index (χ3v) is 4.09. The van der Waals surface area contributed by atoms with Gasteiger partial charge in [0.25, 0.3) is 5.91 Å². The molecule has 0 saturated carbocycles.